The molecule has 16 heavy (non-hydrogen) atoms. The summed E-state index contributed by atoms with van der Waals surface area (Å²) in [6.45, 7) is 10.5. The Hall–Kier alpha value is -1.31. The predicted molar refractivity (Wildman–Crippen MR) is 69.0 cm³/mol. The van der Waals surface area contributed by atoms with Gasteiger partial charge >= 0.3 is 0 Å². The molecule has 0 saturated carbocycles. The van der Waals surface area contributed by atoms with Crippen LogP contribution in [0.4, 0.5) is 0 Å². The summed E-state index contributed by atoms with van der Waals surface area (Å²) in [4.78, 5) is 5.11. The van der Waals surface area contributed by atoms with Gasteiger partial charge in [-0.15, -0.1) is 0 Å². The Morgan fingerprint density at radius 1 is 1.12 bits per heavy atom. The largest absolute Gasteiger partial charge is 0.393 e. The Kier molecular flexibility index (Phi) is 4.11. The highest BCUT2D eigenvalue weighted by Crippen LogP contribution is 2.21. The van der Waals surface area contributed by atoms with Gasteiger partial charge in [0.2, 0.25) is 0 Å². The van der Waals surface area contributed by atoms with Crippen molar-refractivity contribution in [1.29, 1.82) is 0 Å². The van der Waals surface area contributed by atoms with E-state index in [9.17, 15) is 0 Å². The number of rotatable bonds is 3. The van der Waals surface area contributed by atoms with Gasteiger partial charge in [0.1, 0.15) is 6.10 Å². The van der Waals surface area contributed by atoms with Crippen molar-refractivity contribution >= 4 is 6.21 Å². The first-order chi connectivity index (χ1) is 7.39. The van der Waals surface area contributed by atoms with Gasteiger partial charge in [0.25, 0.3) is 0 Å². The van der Waals surface area contributed by atoms with Crippen LogP contribution >= 0.6 is 0 Å². The smallest absolute Gasteiger partial charge is 0.122 e. The molecular weight excluding hydrogens is 198 g/mol. The molecule has 0 atom stereocenters. The summed E-state index contributed by atoms with van der Waals surface area (Å²) in [5.74, 6) is 0. The summed E-state index contributed by atoms with van der Waals surface area (Å²) in [5, 5.41) is 3.91. The maximum absolute atomic E-state index is 5.11. The molecule has 0 aliphatic carbocycles. The summed E-state index contributed by atoms with van der Waals surface area (Å²) < 4.78 is 0. The van der Waals surface area contributed by atoms with E-state index in [1.165, 1.54) is 5.56 Å². The average molecular weight is 219 g/mol. The standard InChI is InChI=1S/C14H21NO/c1-11(2)16-15-10-12-6-8-13(9-7-12)14(3,4)5/h6-11H,1-5H3/b15-10+. The predicted octanol–water partition coefficient (Wildman–Crippen LogP) is 3.74. The van der Waals surface area contributed by atoms with Gasteiger partial charge in [-0.05, 0) is 30.4 Å². The first-order valence-corrected chi connectivity index (χ1v) is 5.69. The van der Waals surface area contributed by atoms with E-state index in [0.717, 1.165) is 5.56 Å². The van der Waals surface area contributed by atoms with E-state index in [1.807, 2.05) is 13.8 Å². The summed E-state index contributed by atoms with van der Waals surface area (Å²) in [6.07, 6.45) is 1.87. The van der Waals surface area contributed by atoms with Gasteiger partial charge < -0.3 is 4.84 Å². The van der Waals surface area contributed by atoms with Gasteiger partial charge in [0, 0.05) is 0 Å². The second-order valence-corrected chi connectivity index (χ2v) is 5.26. The third kappa shape index (κ3) is 4.05. The number of hydrogen-bond donors (Lipinski definition) is 0. The minimum Gasteiger partial charge on any atom is -0.393 e. The lowest BCUT2D eigenvalue weighted by atomic mass is 9.87. The Morgan fingerprint density at radius 2 is 1.69 bits per heavy atom. The van der Waals surface area contributed by atoms with Crippen LogP contribution in [-0.2, 0) is 10.3 Å². The molecule has 0 aliphatic heterocycles. The van der Waals surface area contributed by atoms with E-state index in [1.54, 1.807) is 6.21 Å². The SMILES string of the molecule is CC(C)O/N=C/c1ccc(C(C)(C)C)cc1. The van der Waals surface area contributed by atoms with Crippen LogP contribution in [0.5, 0.6) is 0 Å². The molecule has 1 aromatic carbocycles. The molecule has 0 saturated heterocycles. The van der Waals surface area contributed by atoms with Gasteiger partial charge in [-0.25, -0.2) is 0 Å². The highest BCUT2D eigenvalue weighted by molar-refractivity contribution is 5.79. The molecule has 2 nitrogen and oxygen atoms in total. The molecule has 1 aromatic rings. The topological polar surface area (TPSA) is 21.6 Å². The van der Waals surface area contributed by atoms with Crippen LogP contribution in [0.2, 0.25) is 0 Å². The van der Waals surface area contributed by atoms with Crippen LogP contribution in [0.15, 0.2) is 29.4 Å². The normalized spacial score (nSPS) is 12.4. The highest BCUT2D eigenvalue weighted by Gasteiger charge is 2.12. The lowest BCUT2D eigenvalue weighted by Gasteiger charge is -2.18. The zero-order valence-electron chi connectivity index (χ0n) is 10.8. The fourth-order valence-electron chi connectivity index (χ4n) is 1.28. The van der Waals surface area contributed by atoms with Crippen molar-refractivity contribution in [1.82, 2.24) is 0 Å². The number of benzene rings is 1. The van der Waals surface area contributed by atoms with Crippen molar-refractivity contribution in [3.8, 4) is 0 Å². The first-order valence-electron chi connectivity index (χ1n) is 5.69. The monoisotopic (exact) mass is 219 g/mol. The highest BCUT2D eigenvalue weighted by atomic mass is 16.6. The summed E-state index contributed by atoms with van der Waals surface area (Å²) >= 11 is 0. The van der Waals surface area contributed by atoms with Crippen LogP contribution < -0.4 is 0 Å². The Labute approximate surface area is 98.3 Å². The van der Waals surface area contributed by atoms with Crippen LogP contribution in [0.1, 0.15) is 45.7 Å². The van der Waals surface area contributed by atoms with E-state index in [-0.39, 0.29) is 11.5 Å². The number of oxime groups is 1. The summed E-state index contributed by atoms with van der Waals surface area (Å²) in [7, 11) is 0. The molecule has 0 heterocycles. The van der Waals surface area contributed by atoms with Gasteiger partial charge in [-0.3, -0.25) is 0 Å². The van der Waals surface area contributed by atoms with Crippen molar-refractivity contribution in [3.05, 3.63) is 35.4 Å². The van der Waals surface area contributed by atoms with Crippen LogP contribution in [0.25, 0.3) is 0 Å². The molecule has 0 bridgehead atoms. The minimum absolute atomic E-state index is 0.130. The zero-order valence-corrected chi connectivity index (χ0v) is 10.8. The van der Waals surface area contributed by atoms with Crippen LogP contribution in [-0.4, -0.2) is 12.3 Å². The third-order valence-corrected chi connectivity index (χ3v) is 2.25. The van der Waals surface area contributed by atoms with Crippen molar-refractivity contribution < 1.29 is 4.84 Å². The van der Waals surface area contributed by atoms with Crippen molar-refractivity contribution in [2.45, 2.75) is 46.1 Å². The fourth-order valence-corrected chi connectivity index (χ4v) is 1.28. The molecule has 0 radical (unpaired) electrons. The molecule has 0 spiro atoms. The maximum atomic E-state index is 5.11. The minimum atomic E-state index is 0.130. The third-order valence-electron chi connectivity index (χ3n) is 2.25. The molecule has 0 aliphatic rings. The molecule has 88 valence electrons. The van der Waals surface area contributed by atoms with Gasteiger partial charge in [0.15, 0.2) is 0 Å². The molecule has 0 unspecified atom stereocenters. The second kappa shape index (κ2) is 5.15. The molecule has 1 rings (SSSR count). The van der Waals surface area contributed by atoms with Gasteiger partial charge in [-0.1, -0.05) is 50.2 Å². The second-order valence-electron chi connectivity index (χ2n) is 5.26. The first kappa shape index (κ1) is 12.8. The lowest BCUT2D eigenvalue weighted by Crippen LogP contribution is -2.10. The van der Waals surface area contributed by atoms with Crippen molar-refractivity contribution in [3.63, 3.8) is 0 Å². The quantitative estimate of drug-likeness (QED) is 0.560. The maximum Gasteiger partial charge on any atom is 0.122 e. The van der Waals surface area contributed by atoms with E-state index in [2.05, 4.69) is 50.2 Å². The molecular formula is C14H21NO. The Balaban J connectivity index is 2.69. The lowest BCUT2D eigenvalue weighted by molar-refractivity contribution is 0.0874. The Bertz CT molecular complexity index is 344. The molecule has 0 N–H and O–H groups in total. The van der Waals surface area contributed by atoms with Crippen molar-refractivity contribution in [2.24, 2.45) is 5.16 Å². The van der Waals surface area contributed by atoms with Crippen LogP contribution in [0.3, 0.4) is 0 Å². The molecule has 0 amide bonds. The molecule has 2 heteroatoms. The molecule has 0 aromatic heterocycles. The van der Waals surface area contributed by atoms with Gasteiger partial charge in [-0.2, -0.15) is 0 Å². The zero-order chi connectivity index (χ0) is 12.2. The average Bonchev–Trinajstić information content (AvgIpc) is 2.16. The van der Waals surface area contributed by atoms with E-state index >= 15 is 0 Å². The van der Waals surface area contributed by atoms with E-state index < -0.39 is 0 Å². The van der Waals surface area contributed by atoms with E-state index in [0.29, 0.717) is 0 Å². The summed E-state index contributed by atoms with van der Waals surface area (Å²) in [5.41, 5.74) is 2.59. The Morgan fingerprint density at radius 3 is 2.12 bits per heavy atom. The van der Waals surface area contributed by atoms with E-state index in [4.69, 9.17) is 4.84 Å². The molecule has 0 fully saturated rings. The van der Waals surface area contributed by atoms with Crippen LogP contribution in [0, 0.1) is 0 Å². The fraction of sp³-hybridized carbons (Fsp3) is 0.500. The summed E-state index contributed by atoms with van der Waals surface area (Å²) in [6, 6.07) is 8.40. The number of hydrogen-bond acceptors (Lipinski definition) is 2. The van der Waals surface area contributed by atoms with Gasteiger partial charge in [0.05, 0.1) is 6.21 Å². The van der Waals surface area contributed by atoms with Crippen molar-refractivity contribution in [2.75, 3.05) is 0 Å². The number of nitrogens with zero attached hydrogens (tertiary/aromatic N) is 1.